The second kappa shape index (κ2) is 5.28. The first-order valence-corrected chi connectivity index (χ1v) is 4.13. The molecule has 0 aromatic rings. The van der Waals surface area contributed by atoms with Gasteiger partial charge < -0.3 is 0 Å². The first kappa shape index (κ1) is 7.59. The van der Waals surface area contributed by atoms with Crippen molar-refractivity contribution in [2.75, 3.05) is 0 Å². The molecule has 0 saturated heterocycles. The molecule has 1 rings (SSSR count). The Kier molecular flexibility index (Phi) is 4.00. The second-order valence-corrected chi connectivity index (χ2v) is 2.66. The van der Waals surface area contributed by atoms with Crippen LogP contribution in [0.2, 0.25) is 0 Å². The zero-order valence-electron chi connectivity index (χ0n) is 6.42. The first-order valence-electron chi connectivity index (χ1n) is 4.13. The summed E-state index contributed by atoms with van der Waals surface area (Å²) in [6.07, 6.45) is 17.5. The maximum absolute atomic E-state index is 2.29. The first-order chi connectivity index (χ1) is 5.00. The monoisotopic (exact) mass is 135 g/mol. The van der Waals surface area contributed by atoms with Gasteiger partial charge in [0.1, 0.15) is 0 Å². The van der Waals surface area contributed by atoms with Crippen LogP contribution in [0.3, 0.4) is 0 Å². The molecule has 0 heterocycles. The van der Waals surface area contributed by atoms with Gasteiger partial charge in [-0.25, -0.2) is 0 Å². The molecule has 10 heavy (non-hydrogen) atoms. The summed E-state index contributed by atoms with van der Waals surface area (Å²) in [4.78, 5) is 0. The molecule has 0 aliphatic heterocycles. The number of allylic oxidation sites excluding steroid dienone is 4. The van der Waals surface area contributed by atoms with Crippen LogP contribution in [0, 0.1) is 6.42 Å². The molecule has 55 valence electrons. The Morgan fingerprint density at radius 1 is 0.800 bits per heavy atom. The Morgan fingerprint density at radius 2 is 1.60 bits per heavy atom. The van der Waals surface area contributed by atoms with Gasteiger partial charge in [-0.1, -0.05) is 24.3 Å². The van der Waals surface area contributed by atoms with Crippen LogP contribution in [0.15, 0.2) is 24.3 Å². The topological polar surface area (TPSA) is 0 Å². The Morgan fingerprint density at radius 3 is 2.50 bits per heavy atom. The Balaban J connectivity index is 2.23. The lowest BCUT2D eigenvalue weighted by Crippen LogP contribution is -1.76. The summed E-state index contributed by atoms with van der Waals surface area (Å²) in [6.45, 7) is 0. The van der Waals surface area contributed by atoms with Gasteiger partial charge in [0.2, 0.25) is 0 Å². The standard InChI is InChI=1S/C10H15/c1-2-4-6-8-10-9-7-5-3-1/h1-3,6,8H,4-5,7,9-10H2/b3-1-,8-6-. The molecule has 0 aromatic heterocycles. The van der Waals surface area contributed by atoms with Crippen molar-refractivity contribution < 1.29 is 0 Å². The van der Waals surface area contributed by atoms with Crippen molar-refractivity contribution in [3.63, 3.8) is 0 Å². The van der Waals surface area contributed by atoms with Gasteiger partial charge in [0.15, 0.2) is 0 Å². The predicted octanol–water partition coefficient (Wildman–Crippen LogP) is 3.27. The molecule has 1 aliphatic carbocycles. The van der Waals surface area contributed by atoms with E-state index in [1.807, 2.05) is 0 Å². The van der Waals surface area contributed by atoms with Crippen LogP contribution >= 0.6 is 0 Å². The molecule has 0 nitrogen and oxygen atoms in total. The van der Waals surface area contributed by atoms with E-state index in [0.29, 0.717) is 0 Å². The van der Waals surface area contributed by atoms with Crippen molar-refractivity contribution in [2.45, 2.75) is 32.1 Å². The van der Waals surface area contributed by atoms with Gasteiger partial charge in [0, 0.05) is 0 Å². The highest BCUT2D eigenvalue weighted by Crippen LogP contribution is 2.05. The van der Waals surface area contributed by atoms with Crippen LogP contribution in [0.5, 0.6) is 0 Å². The fraction of sp³-hybridized carbons (Fsp3) is 0.500. The Hall–Kier alpha value is -0.520. The predicted molar refractivity (Wildman–Crippen MR) is 45.7 cm³/mol. The van der Waals surface area contributed by atoms with E-state index in [1.165, 1.54) is 25.7 Å². The normalized spacial score (nSPS) is 27.2. The van der Waals surface area contributed by atoms with Crippen LogP contribution < -0.4 is 0 Å². The molecule has 1 aliphatic rings. The van der Waals surface area contributed by atoms with E-state index in [4.69, 9.17) is 0 Å². The molecular formula is C10H15. The molecule has 0 bridgehead atoms. The lowest BCUT2D eigenvalue weighted by atomic mass is 10.1. The minimum atomic E-state index is 1.11. The summed E-state index contributed by atoms with van der Waals surface area (Å²) < 4.78 is 0. The third-order valence-corrected chi connectivity index (χ3v) is 1.70. The highest BCUT2D eigenvalue weighted by Gasteiger charge is 1.86. The third-order valence-electron chi connectivity index (χ3n) is 1.70. The fourth-order valence-electron chi connectivity index (χ4n) is 1.09. The highest BCUT2D eigenvalue weighted by atomic mass is 13.9. The molecule has 0 unspecified atom stereocenters. The van der Waals surface area contributed by atoms with Gasteiger partial charge in [-0.15, -0.1) is 0 Å². The summed E-state index contributed by atoms with van der Waals surface area (Å²) in [7, 11) is 0. The van der Waals surface area contributed by atoms with E-state index in [-0.39, 0.29) is 0 Å². The van der Waals surface area contributed by atoms with E-state index in [0.717, 1.165) is 6.42 Å². The SMILES string of the molecule is [CH]1/C=C\CCCC/C=C\C1. The second-order valence-electron chi connectivity index (χ2n) is 2.66. The molecule has 0 amide bonds. The van der Waals surface area contributed by atoms with Crippen molar-refractivity contribution in [2.24, 2.45) is 0 Å². The molecule has 0 aromatic carbocycles. The van der Waals surface area contributed by atoms with Crippen molar-refractivity contribution in [3.05, 3.63) is 30.7 Å². The molecule has 0 spiro atoms. The van der Waals surface area contributed by atoms with E-state index in [1.54, 1.807) is 0 Å². The van der Waals surface area contributed by atoms with Gasteiger partial charge >= 0.3 is 0 Å². The van der Waals surface area contributed by atoms with Gasteiger partial charge in [-0.05, 0) is 38.5 Å². The van der Waals surface area contributed by atoms with Crippen LogP contribution in [0.4, 0.5) is 0 Å². The summed E-state index contributed by atoms with van der Waals surface area (Å²) in [5.74, 6) is 0. The lowest BCUT2D eigenvalue weighted by molar-refractivity contribution is 0.759. The maximum atomic E-state index is 2.29. The molecule has 0 fully saturated rings. The summed E-state index contributed by atoms with van der Waals surface area (Å²) in [5, 5.41) is 0. The van der Waals surface area contributed by atoms with Crippen LogP contribution in [-0.4, -0.2) is 0 Å². The molecule has 0 N–H and O–H groups in total. The largest absolute Gasteiger partial charge is 0.0885 e. The van der Waals surface area contributed by atoms with Crippen molar-refractivity contribution in [1.29, 1.82) is 0 Å². The van der Waals surface area contributed by atoms with E-state index in [9.17, 15) is 0 Å². The quantitative estimate of drug-likeness (QED) is 0.447. The zero-order chi connectivity index (χ0) is 7.07. The van der Waals surface area contributed by atoms with Crippen LogP contribution in [0.1, 0.15) is 32.1 Å². The average Bonchev–Trinajstić information content (AvgIpc) is 2.01. The number of hydrogen-bond acceptors (Lipinski definition) is 0. The fourth-order valence-corrected chi connectivity index (χ4v) is 1.09. The molecule has 0 atom stereocenters. The van der Waals surface area contributed by atoms with Crippen LogP contribution in [-0.2, 0) is 0 Å². The smallest absolute Gasteiger partial charge is 0.0133 e. The van der Waals surface area contributed by atoms with E-state index >= 15 is 0 Å². The van der Waals surface area contributed by atoms with Crippen molar-refractivity contribution in [1.82, 2.24) is 0 Å². The number of hydrogen-bond donors (Lipinski definition) is 0. The maximum Gasteiger partial charge on any atom is -0.0133 e. The number of rotatable bonds is 0. The summed E-state index contributed by atoms with van der Waals surface area (Å²) in [6, 6.07) is 0. The Bertz CT molecular complexity index is 104. The average molecular weight is 135 g/mol. The van der Waals surface area contributed by atoms with Gasteiger partial charge in [-0.2, -0.15) is 0 Å². The van der Waals surface area contributed by atoms with Gasteiger partial charge in [-0.3, -0.25) is 0 Å². The summed E-state index contributed by atoms with van der Waals surface area (Å²) in [5.41, 5.74) is 0. The van der Waals surface area contributed by atoms with Gasteiger partial charge in [0.05, 0.1) is 0 Å². The van der Waals surface area contributed by atoms with Crippen LogP contribution in [0.25, 0.3) is 0 Å². The zero-order valence-corrected chi connectivity index (χ0v) is 6.42. The van der Waals surface area contributed by atoms with Crippen molar-refractivity contribution in [3.8, 4) is 0 Å². The summed E-state index contributed by atoms with van der Waals surface area (Å²) >= 11 is 0. The van der Waals surface area contributed by atoms with E-state index < -0.39 is 0 Å². The Labute approximate surface area is 63.6 Å². The highest BCUT2D eigenvalue weighted by molar-refractivity contribution is 5.00. The van der Waals surface area contributed by atoms with Gasteiger partial charge in [0.25, 0.3) is 0 Å². The molecule has 1 radical (unpaired) electrons. The van der Waals surface area contributed by atoms with Crippen molar-refractivity contribution >= 4 is 0 Å². The molecule has 0 heteroatoms. The minimum absolute atomic E-state index is 1.11. The molecule has 0 saturated carbocycles. The minimum Gasteiger partial charge on any atom is -0.0885 e. The third kappa shape index (κ3) is 3.49. The lowest BCUT2D eigenvalue weighted by Gasteiger charge is -1.95. The molecular weight excluding hydrogens is 120 g/mol. The van der Waals surface area contributed by atoms with E-state index in [2.05, 4.69) is 30.7 Å².